The van der Waals surface area contributed by atoms with E-state index in [2.05, 4.69) is 48.0 Å². The molecule has 1 aromatic carbocycles. The van der Waals surface area contributed by atoms with Crippen LogP contribution < -0.4 is 10.2 Å². The van der Waals surface area contributed by atoms with Gasteiger partial charge in [0.25, 0.3) is 0 Å². The Kier molecular flexibility index (Phi) is 7.13. The third kappa shape index (κ3) is 4.63. The molecule has 4 rings (SSSR count). The summed E-state index contributed by atoms with van der Waals surface area (Å²) < 4.78 is 0. The predicted molar refractivity (Wildman–Crippen MR) is 139 cm³/mol. The topological polar surface area (TPSA) is 52.7 Å². The molecule has 2 atom stereocenters. The normalized spacial score (nSPS) is 30.6. The molecule has 0 aromatic heterocycles. The van der Waals surface area contributed by atoms with Crippen molar-refractivity contribution in [1.82, 2.24) is 10.2 Å². The maximum Gasteiger partial charge on any atom is 0.238 e. The highest BCUT2D eigenvalue weighted by Gasteiger charge is 2.50. The number of anilines is 1. The van der Waals surface area contributed by atoms with E-state index in [9.17, 15) is 9.59 Å². The van der Waals surface area contributed by atoms with E-state index in [-0.39, 0.29) is 29.8 Å². The fraction of sp³-hybridized carbons (Fsp3) is 0.517. The van der Waals surface area contributed by atoms with Gasteiger partial charge in [-0.2, -0.15) is 0 Å². The Morgan fingerprint density at radius 3 is 2.65 bits per heavy atom. The number of piperidine rings is 1. The van der Waals surface area contributed by atoms with Gasteiger partial charge in [-0.05, 0) is 64.0 Å². The van der Waals surface area contributed by atoms with Crippen LogP contribution in [0.3, 0.4) is 0 Å². The van der Waals surface area contributed by atoms with Crippen molar-refractivity contribution in [2.45, 2.75) is 75.8 Å². The van der Waals surface area contributed by atoms with Crippen LogP contribution in [0.2, 0.25) is 0 Å². The molecule has 0 spiro atoms. The fourth-order valence-electron chi connectivity index (χ4n) is 6.01. The Morgan fingerprint density at radius 2 is 1.91 bits per heavy atom. The first-order valence-corrected chi connectivity index (χ1v) is 12.7. The molecule has 0 bridgehead atoms. The van der Waals surface area contributed by atoms with E-state index in [1.165, 1.54) is 5.57 Å². The minimum Gasteiger partial charge on any atom is -0.359 e. The lowest BCUT2D eigenvalue weighted by Gasteiger charge is -2.46. The zero-order valence-electron chi connectivity index (χ0n) is 21.0. The van der Waals surface area contributed by atoms with Gasteiger partial charge in [0.2, 0.25) is 11.8 Å². The number of rotatable bonds is 4. The van der Waals surface area contributed by atoms with Gasteiger partial charge in [0.05, 0.1) is 5.41 Å². The molecule has 1 fully saturated rings. The number of likely N-dealkylation sites (tertiary alicyclic amines) is 1. The number of nitrogens with zero attached hydrogens (tertiary/aromatic N) is 2. The monoisotopic (exact) mass is 461 g/mol. The Hall–Kier alpha value is -2.66. The highest BCUT2D eigenvalue weighted by atomic mass is 16.2. The van der Waals surface area contributed by atoms with Crippen LogP contribution in [0.4, 0.5) is 5.69 Å². The van der Waals surface area contributed by atoms with Gasteiger partial charge in [0.1, 0.15) is 0 Å². The van der Waals surface area contributed by atoms with Crippen molar-refractivity contribution in [2.24, 2.45) is 0 Å². The van der Waals surface area contributed by atoms with E-state index in [0.29, 0.717) is 0 Å². The Morgan fingerprint density at radius 1 is 1.18 bits per heavy atom. The molecule has 0 radical (unpaired) electrons. The van der Waals surface area contributed by atoms with Gasteiger partial charge in [-0.3, -0.25) is 14.5 Å². The van der Waals surface area contributed by atoms with Crippen molar-refractivity contribution in [3.8, 4) is 0 Å². The quantitative estimate of drug-likeness (QED) is 0.694. The number of hydrogen-bond donors (Lipinski definition) is 1. The molecule has 1 N–H and O–H groups in total. The summed E-state index contributed by atoms with van der Waals surface area (Å²) in [6.45, 7) is 10.4. The maximum atomic E-state index is 13.8. The van der Waals surface area contributed by atoms with Crippen molar-refractivity contribution in [3.63, 3.8) is 0 Å². The van der Waals surface area contributed by atoms with Crippen molar-refractivity contribution in [1.29, 1.82) is 0 Å². The van der Waals surface area contributed by atoms with Gasteiger partial charge < -0.3 is 10.2 Å². The summed E-state index contributed by atoms with van der Waals surface area (Å²) in [4.78, 5) is 30.7. The minimum atomic E-state index is -0.809. The first-order chi connectivity index (χ1) is 16.3. The van der Waals surface area contributed by atoms with E-state index in [1.807, 2.05) is 36.1 Å². The molecule has 3 aliphatic rings. The third-order valence-corrected chi connectivity index (χ3v) is 8.18. The van der Waals surface area contributed by atoms with Crippen LogP contribution in [0.15, 0.2) is 60.7 Å². The molecule has 34 heavy (non-hydrogen) atoms. The van der Waals surface area contributed by atoms with Crippen LogP contribution in [-0.2, 0) is 15.0 Å². The summed E-state index contributed by atoms with van der Waals surface area (Å²) in [5.41, 5.74) is 2.46. The van der Waals surface area contributed by atoms with Crippen molar-refractivity contribution in [3.05, 3.63) is 66.3 Å². The van der Waals surface area contributed by atoms with Crippen LogP contribution >= 0.6 is 0 Å². The zero-order chi connectivity index (χ0) is 24.3. The Bertz CT molecular complexity index is 1000. The fourth-order valence-corrected chi connectivity index (χ4v) is 6.01. The number of fused-ring (bicyclic) bond motifs is 1. The lowest BCUT2D eigenvalue weighted by molar-refractivity contribution is -0.129. The van der Waals surface area contributed by atoms with E-state index in [0.717, 1.165) is 62.9 Å². The number of benzene rings is 1. The van der Waals surface area contributed by atoms with Crippen LogP contribution in [0.25, 0.3) is 0 Å². The molecular formula is C29H39N3O2. The maximum absolute atomic E-state index is 13.8. The summed E-state index contributed by atoms with van der Waals surface area (Å²) >= 11 is 0. The van der Waals surface area contributed by atoms with Crippen LogP contribution in [0, 0.1) is 0 Å². The van der Waals surface area contributed by atoms with E-state index >= 15 is 0 Å². The second-order valence-electron chi connectivity index (χ2n) is 10.6. The first-order valence-electron chi connectivity index (χ1n) is 12.7. The average molecular weight is 462 g/mol. The average Bonchev–Trinajstić information content (AvgIpc) is 3.05. The molecular weight excluding hydrogens is 422 g/mol. The number of nitrogens with one attached hydrogen (secondary N) is 1. The largest absolute Gasteiger partial charge is 0.359 e. The van der Waals surface area contributed by atoms with E-state index < -0.39 is 5.41 Å². The van der Waals surface area contributed by atoms with E-state index in [1.54, 1.807) is 7.05 Å². The van der Waals surface area contributed by atoms with Crippen molar-refractivity contribution >= 4 is 17.5 Å². The van der Waals surface area contributed by atoms with Gasteiger partial charge in [-0.15, -0.1) is 0 Å². The Balaban J connectivity index is 1.50. The van der Waals surface area contributed by atoms with Gasteiger partial charge in [0, 0.05) is 43.8 Å². The molecule has 2 aliphatic heterocycles. The summed E-state index contributed by atoms with van der Waals surface area (Å²) in [6, 6.07) is 8.19. The Labute approximate surface area is 204 Å². The lowest BCUT2D eigenvalue weighted by atomic mass is 9.80. The van der Waals surface area contributed by atoms with Crippen LogP contribution in [0.1, 0.15) is 64.4 Å². The molecule has 2 unspecified atom stereocenters. The number of carbonyl (C=O) groups is 2. The number of para-hydroxylation sites is 1. The molecule has 5 heteroatoms. The third-order valence-electron chi connectivity index (χ3n) is 8.18. The number of carbonyl (C=O) groups excluding carboxylic acids is 2. The highest BCUT2D eigenvalue weighted by molar-refractivity contribution is 6.10. The summed E-state index contributed by atoms with van der Waals surface area (Å²) in [5.74, 6) is -0.0364. The first kappa shape index (κ1) is 24.5. The molecule has 1 aromatic rings. The second-order valence-corrected chi connectivity index (χ2v) is 10.6. The molecule has 182 valence electrons. The molecule has 2 amide bonds. The second kappa shape index (κ2) is 9.91. The molecule has 1 aliphatic carbocycles. The lowest BCUT2D eigenvalue weighted by Crippen LogP contribution is -2.55. The molecule has 1 saturated heterocycles. The van der Waals surface area contributed by atoms with Crippen LogP contribution in [0.5, 0.6) is 0 Å². The molecule has 2 heterocycles. The van der Waals surface area contributed by atoms with Gasteiger partial charge >= 0.3 is 0 Å². The van der Waals surface area contributed by atoms with Crippen LogP contribution in [-0.4, -0.2) is 48.4 Å². The number of amides is 2. The minimum absolute atomic E-state index is 0.0638. The highest BCUT2D eigenvalue weighted by Crippen LogP contribution is 2.46. The predicted octanol–water partition coefficient (Wildman–Crippen LogP) is 4.89. The van der Waals surface area contributed by atoms with Gasteiger partial charge in [-0.25, -0.2) is 0 Å². The number of allylic oxidation sites excluding steroid dienone is 4. The van der Waals surface area contributed by atoms with Crippen molar-refractivity contribution < 1.29 is 9.59 Å². The zero-order valence-corrected chi connectivity index (χ0v) is 21.0. The number of hydrogen-bond acceptors (Lipinski definition) is 3. The molecule has 5 nitrogen and oxygen atoms in total. The van der Waals surface area contributed by atoms with Crippen molar-refractivity contribution in [2.75, 3.05) is 25.0 Å². The van der Waals surface area contributed by atoms with Gasteiger partial charge in [-0.1, -0.05) is 54.7 Å². The summed E-state index contributed by atoms with van der Waals surface area (Å²) in [6.07, 6.45) is 15.1. The smallest absolute Gasteiger partial charge is 0.238 e. The summed E-state index contributed by atoms with van der Waals surface area (Å²) in [7, 11) is 1.63. The van der Waals surface area contributed by atoms with E-state index in [4.69, 9.17) is 0 Å². The SMILES string of the molecule is C=C1/C=C\C=C/CC(C)(N2CCC(N3C(=O)C(C)(CC(=O)NC)c4ccccc43)CC2)CCC1. The van der Waals surface area contributed by atoms with Gasteiger partial charge in [0.15, 0.2) is 0 Å². The summed E-state index contributed by atoms with van der Waals surface area (Å²) in [5, 5.41) is 2.70. The molecule has 0 saturated carbocycles. The standard InChI is InChI=1S/C29H39N3O2/c1-22-11-6-5-9-17-28(2,18-10-12-22)31-19-15-23(16-20-31)32-25-14-8-7-13-24(25)29(3,27(32)34)21-26(33)30-4/h5-9,11,13-14,23H,1,10,12,15-21H2,2-4H3,(H,30,33)/b9-5-,11-6-.